The number of pyridine rings is 2. The van der Waals surface area contributed by atoms with Crippen molar-refractivity contribution in [1.29, 1.82) is 0 Å². The molecular weight excluding hydrogens is 297 g/mol. The van der Waals surface area contributed by atoms with Gasteiger partial charge >= 0.3 is 0 Å². The quantitative estimate of drug-likeness (QED) is 0.643. The van der Waals surface area contributed by atoms with Crippen molar-refractivity contribution in [3.8, 4) is 11.1 Å². The topological polar surface area (TPSA) is 25.8 Å². The first-order chi connectivity index (χ1) is 7.95. The molecule has 1 aromatic carbocycles. The van der Waals surface area contributed by atoms with Gasteiger partial charge in [-0.25, -0.2) is 9.97 Å². The van der Waals surface area contributed by atoms with E-state index in [-0.39, 0.29) is 40.1 Å². The summed E-state index contributed by atoms with van der Waals surface area (Å²) in [6, 6.07) is 17.0. The van der Waals surface area contributed by atoms with E-state index in [0.29, 0.717) is 0 Å². The minimum absolute atomic E-state index is 0. The van der Waals surface area contributed by atoms with Gasteiger partial charge in [-0.1, -0.05) is 11.6 Å². The minimum Gasteiger partial charge on any atom is -0.358 e. The number of aromatic nitrogens is 2. The molecule has 0 saturated heterocycles. The van der Waals surface area contributed by atoms with Crippen molar-refractivity contribution in [2.45, 2.75) is 0 Å². The van der Waals surface area contributed by atoms with E-state index >= 15 is 0 Å². The Morgan fingerprint density at radius 1 is 0.944 bits per heavy atom. The van der Waals surface area contributed by atoms with E-state index in [4.69, 9.17) is 0 Å². The predicted molar refractivity (Wildman–Crippen MR) is 70.2 cm³/mol. The van der Waals surface area contributed by atoms with Crippen LogP contribution in [0.4, 0.5) is 0 Å². The number of nitrogens with zero attached hydrogens (tertiary/aromatic N) is 2. The maximum absolute atomic E-state index is 4.25. The molecule has 2 aromatic heterocycles. The molecule has 0 aliphatic heterocycles. The van der Waals surface area contributed by atoms with E-state index in [9.17, 15) is 0 Å². The first kappa shape index (κ1) is 14.9. The van der Waals surface area contributed by atoms with Crippen molar-refractivity contribution in [2.75, 3.05) is 0 Å². The van der Waals surface area contributed by atoms with Crippen molar-refractivity contribution in [2.24, 2.45) is 0 Å². The Morgan fingerprint density at radius 3 is 2.56 bits per heavy atom. The molecule has 0 fully saturated rings. The zero-order valence-corrected chi connectivity index (χ0v) is 13.0. The predicted octanol–water partition coefficient (Wildman–Crippen LogP) is 3.54. The van der Waals surface area contributed by atoms with E-state index in [1.165, 1.54) is 0 Å². The summed E-state index contributed by atoms with van der Waals surface area (Å²) in [5.74, 6) is 0. The molecule has 0 spiro atoms. The van der Waals surface area contributed by atoms with Crippen LogP contribution in [0.2, 0.25) is 0 Å². The molecule has 0 bridgehead atoms. The Balaban J connectivity index is 0.000000810. The zero-order chi connectivity index (χ0) is 10.8. The molecule has 3 aromatic rings. The summed E-state index contributed by atoms with van der Waals surface area (Å²) < 4.78 is 0. The van der Waals surface area contributed by atoms with Gasteiger partial charge in [0.05, 0.1) is 0 Å². The Bertz CT molecular complexity index is 618. The fourth-order valence-electron chi connectivity index (χ4n) is 1.79. The second-order valence-electron chi connectivity index (χ2n) is 3.53. The fourth-order valence-corrected chi connectivity index (χ4v) is 1.79. The summed E-state index contributed by atoms with van der Waals surface area (Å²) in [5, 5.41) is 1.07. The van der Waals surface area contributed by atoms with Crippen molar-refractivity contribution in [3.05, 3.63) is 68.4 Å². The third kappa shape index (κ3) is 2.82. The van der Waals surface area contributed by atoms with Gasteiger partial charge in [0, 0.05) is 50.5 Å². The van der Waals surface area contributed by atoms with Gasteiger partial charge in [0.15, 0.2) is 5.65 Å². The molecule has 0 atom stereocenters. The van der Waals surface area contributed by atoms with Crippen LogP contribution in [-0.4, -0.2) is 9.97 Å². The Labute approximate surface area is 132 Å². The molecular formula is C15H12N2Y-2. The first-order valence-electron chi connectivity index (χ1n) is 5.11. The Morgan fingerprint density at radius 2 is 1.78 bits per heavy atom. The molecule has 3 heteroatoms. The average Bonchev–Trinajstić information content (AvgIpc) is 2.39. The van der Waals surface area contributed by atoms with Gasteiger partial charge in [0.25, 0.3) is 0 Å². The molecule has 0 unspecified atom stereocenters. The third-order valence-electron chi connectivity index (χ3n) is 2.53. The summed E-state index contributed by atoms with van der Waals surface area (Å²) in [7, 11) is 0. The van der Waals surface area contributed by atoms with Crippen LogP contribution >= 0.6 is 0 Å². The van der Waals surface area contributed by atoms with Crippen LogP contribution in [0.3, 0.4) is 0 Å². The molecule has 3 rings (SSSR count). The molecule has 18 heavy (non-hydrogen) atoms. The van der Waals surface area contributed by atoms with Gasteiger partial charge in [0.1, 0.15) is 0 Å². The molecule has 1 radical (unpaired) electrons. The maximum atomic E-state index is 4.25. The Kier molecular flexibility index (Phi) is 5.58. The standard InChI is InChI=1S/C14H9N2.CH3.Y/c1-2-5-11(6-3-1)12-8-10-16-14-13(12)7-4-9-15-14;;/h1-2,4-10H;1H3;/q2*-1;. The summed E-state index contributed by atoms with van der Waals surface area (Å²) in [5.41, 5.74) is 3.07. The second kappa shape index (κ2) is 6.72. The molecule has 2 heterocycles. The summed E-state index contributed by atoms with van der Waals surface area (Å²) in [6.07, 6.45) is 3.55. The summed E-state index contributed by atoms with van der Waals surface area (Å²) in [6.45, 7) is 0. The number of rotatable bonds is 1. The van der Waals surface area contributed by atoms with Crippen LogP contribution in [0.25, 0.3) is 22.2 Å². The number of fused-ring (bicyclic) bond motifs is 1. The van der Waals surface area contributed by atoms with Crippen molar-refractivity contribution >= 4 is 11.0 Å². The largest absolute Gasteiger partial charge is 0.358 e. The van der Waals surface area contributed by atoms with Crippen LogP contribution in [-0.2, 0) is 32.7 Å². The minimum atomic E-state index is 0. The second-order valence-corrected chi connectivity index (χ2v) is 3.53. The van der Waals surface area contributed by atoms with E-state index in [1.807, 2.05) is 36.4 Å². The summed E-state index contributed by atoms with van der Waals surface area (Å²) >= 11 is 0. The van der Waals surface area contributed by atoms with E-state index in [0.717, 1.165) is 22.2 Å². The number of benzene rings is 1. The van der Waals surface area contributed by atoms with Crippen molar-refractivity contribution in [1.82, 2.24) is 9.97 Å². The van der Waals surface area contributed by atoms with Crippen LogP contribution in [0.15, 0.2) is 54.9 Å². The smallest absolute Gasteiger partial charge is 0.158 e. The average molecular weight is 309 g/mol. The van der Waals surface area contributed by atoms with Gasteiger partial charge < -0.3 is 7.43 Å². The third-order valence-corrected chi connectivity index (χ3v) is 2.53. The molecule has 0 aliphatic carbocycles. The fraction of sp³-hybridized carbons (Fsp3) is 0. The van der Waals surface area contributed by atoms with Gasteiger partial charge in [0.2, 0.25) is 0 Å². The van der Waals surface area contributed by atoms with E-state index < -0.39 is 0 Å². The maximum Gasteiger partial charge on any atom is 0.158 e. The zero-order valence-electron chi connectivity index (χ0n) is 10.2. The molecule has 0 aliphatic rings. The van der Waals surface area contributed by atoms with Crippen molar-refractivity contribution in [3.63, 3.8) is 0 Å². The number of hydrogen-bond acceptors (Lipinski definition) is 2. The molecule has 0 saturated carbocycles. The summed E-state index contributed by atoms with van der Waals surface area (Å²) in [4.78, 5) is 8.49. The van der Waals surface area contributed by atoms with Gasteiger partial charge in [-0.05, 0) is 12.1 Å². The van der Waals surface area contributed by atoms with Gasteiger partial charge in [-0.3, -0.25) is 0 Å². The normalized spacial score (nSPS) is 9.33. The Hall–Kier alpha value is -1.12. The molecule has 87 valence electrons. The molecule has 0 amide bonds. The van der Waals surface area contributed by atoms with Crippen LogP contribution < -0.4 is 0 Å². The first-order valence-corrected chi connectivity index (χ1v) is 5.11. The van der Waals surface area contributed by atoms with Crippen LogP contribution in [0.1, 0.15) is 0 Å². The van der Waals surface area contributed by atoms with Gasteiger partial charge in [-0.2, -0.15) is 30.3 Å². The SMILES string of the molecule is [CH3-].[Y].[c-]1cccc(-c2ccnc3ncccc23)c1. The monoisotopic (exact) mass is 309 g/mol. The molecule has 2 nitrogen and oxygen atoms in total. The van der Waals surface area contributed by atoms with Crippen LogP contribution in [0.5, 0.6) is 0 Å². The molecule has 0 N–H and O–H groups in total. The van der Waals surface area contributed by atoms with Crippen LogP contribution in [0, 0.1) is 13.5 Å². The van der Waals surface area contributed by atoms with Gasteiger partial charge in [-0.15, -0.1) is 5.56 Å². The number of hydrogen-bond donors (Lipinski definition) is 0. The van der Waals surface area contributed by atoms with Crippen molar-refractivity contribution < 1.29 is 32.7 Å². The van der Waals surface area contributed by atoms with E-state index in [1.54, 1.807) is 12.4 Å². The van der Waals surface area contributed by atoms with E-state index in [2.05, 4.69) is 22.1 Å².